The van der Waals surface area contributed by atoms with Gasteiger partial charge in [-0.3, -0.25) is 9.59 Å². The minimum atomic E-state index is -1.17. The van der Waals surface area contributed by atoms with E-state index >= 15 is 0 Å². The average molecular weight is 589 g/mol. The van der Waals surface area contributed by atoms with Gasteiger partial charge in [-0.15, -0.1) is 0 Å². The highest BCUT2D eigenvalue weighted by Crippen LogP contribution is 2.44. The third kappa shape index (κ3) is 8.14. The van der Waals surface area contributed by atoms with Crippen molar-refractivity contribution in [1.29, 1.82) is 0 Å². The summed E-state index contributed by atoms with van der Waals surface area (Å²) >= 11 is 6.47. The molecule has 2 aromatic rings. The molecule has 9 nitrogen and oxygen atoms in total. The van der Waals surface area contributed by atoms with E-state index in [2.05, 4.69) is 5.32 Å². The van der Waals surface area contributed by atoms with Crippen LogP contribution in [0.25, 0.3) is 0 Å². The lowest BCUT2D eigenvalue weighted by atomic mass is 9.94. The first-order chi connectivity index (χ1) is 19.3. The molecule has 224 valence electrons. The van der Waals surface area contributed by atoms with Gasteiger partial charge < -0.3 is 29.2 Å². The lowest BCUT2D eigenvalue weighted by molar-refractivity contribution is -0.146. The van der Waals surface area contributed by atoms with Crippen LogP contribution in [-0.4, -0.2) is 57.8 Å². The fourth-order valence-corrected chi connectivity index (χ4v) is 5.05. The molecule has 41 heavy (non-hydrogen) atoms. The largest absolute Gasteiger partial charge is 0.497 e. The smallest absolute Gasteiger partial charge is 0.328 e. The van der Waals surface area contributed by atoms with Crippen molar-refractivity contribution in [3.8, 4) is 11.5 Å². The molecule has 3 atom stereocenters. The zero-order valence-corrected chi connectivity index (χ0v) is 25.8. The number of fused-ring (bicyclic) bond motifs is 1. The van der Waals surface area contributed by atoms with Crippen molar-refractivity contribution in [2.24, 2.45) is 11.3 Å². The molecule has 1 heterocycles. The Hall–Kier alpha value is -3.30. The van der Waals surface area contributed by atoms with Gasteiger partial charge in [0.2, 0.25) is 5.91 Å². The van der Waals surface area contributed by atoms with Crippen LogP contribution in [0.2, 0.25) is 5.02 Å². The number of halogens is 1. The van der Waals surface area contributed by atoms with E-state index < -0.39 is 30.1 Å². The van der Waals surface area contributed by atoms with E-state index in [4.69, 9.17) is 30.5 Å². The lowest BCUT2D eigenvalue weighted by Crippen LogP contribution is -2.47. The van der Waals surface area contributed by atoms with Gasteiger partial charge in [0.25, 0.3) is 5.91 Å². The van der Waals surface area contributed by atoms with Crippen LogP contribution in [0, 0.1) is 11.3 Å². The van der Waals surface area contributed by atoms with Crippen molar-refractivity contribution in [1.82, 2.24) is 5.32 Å². The Morgan fingerprint density at radius 3 is 2.34 bits per heavy atom. The Kier molecular flexibility index (Phi) is 10.7. The third-order valence-electron chi connectivity index (χ3n) is 6.66. The van der Waals surface area contributed by atoms with Gasteiger partial charge in [0.1, 0.15) is 29.7 Å². The lowest BCUT2D eigenvalue weighted by Gasteiger charge is -2.31. The molecule has 0 fully saturated rings. The number of nitrogens with zero attached hydrogens (tertiary/aromatic N) is 1. The standard InChI is InChI=1S/C31H41ClN2O7/c1-18(2)13-23(30(37)40-8)33-27(35)16-26-29(36)34(17-31(3,4)5)24-12-9-19(32)14-22(24)28(41-26)21-11-10-20(38-6)15-25(21)39-7/h9-12,14-15,18,23,26,28H,13,16-17H2,1-8H3,(H,33,35)/t23-,26-,28-/m0/s1. The molecule has 3 rings (SSSR count). The highest BCUT2D eigenvalue weighted by molar-refractivity contribution is 6.30. The molecule has 0 saturated carbocycles. The van der Waals surface area contributed by atoms with Crippen molar-refractivity contribution >= 4 is 35.1 Å². The van der Waals surface area contributed by atoms with Gasteiger partial charge in [0.15, 0.2) is 0 Å². The number of methoxy groups -OCH3 is 3. The first-order valence-corrected chi connectivity index (χ1v) is 14.0. The van der Waals surface area contributed by atoms with Gasteiger partial charge in [0.05, 0.1) is 27.8 Å². The molecule has 0 aliphatic carbocycles. The van der Waals surface area contributed by atoms with Gasteiger partial charge in [-0.1, -0.05) is 46.2 Å². The molecule has 1 N–H and O–H groups in total. The Morgan fingerprint density at radius 1 is 1.05 bits per heavy atom. The van der Waals surface area contributed by atoms with E-state index in [9.17, 15) is 14.4 Å². The predicted molar refractivity (Wildman–Crippen MR) is 158 cm³/mol. The molecule has 10 heteroatoms. The van der Waals surface area contributed by atoms with Gasteiger partial charge in [-0.2, -0.15) is 0 Å². The van der Waals surface area contributed by atoms with E-state index in [1.54, 1.807) is 42.3 Å². The van der Waals surface area contributed by atoms with Crippen LogP contribution >= 0.6 is 11.6 Å². The molecular weight excluding hydrogens is 548 g/mol. The summed E-state index contributed by atoms with van der Waals surface area (Å²) in [6, 6.07) is 9.78. The van der Waals surface area contributed by atoms with E-state index in [1.165, 1.54) is 14.2 Å². The average Bonchev–Trinajstić information content (AvgIpc) is 3.01. The molecule has 0 unspecified atom stereocenters. The highest BCUT2D eigenvalue weighted by Gasteiger charge is 2.40. The number of hydrogen-bond donors (Lipinski definition) is 1. The second-order valence-corrected chi connectivity index (χ2v) is 12.2. The van der Waals surface area contributed by atoms with E-state index in [0.29, 0.717) is 46.3 Å². The van der Waals surface area contributed by atoms with Crippen LogP contribution < -0.4 is 19.7 Å². The number of rotatable bonds is 10. The van der Waals surface area contributed by atoms with Crippen LogP contribution in [-0.2, 0) is 23.9 Å². The number of carbonyl (C=O) groups excluding carboxylic acids is 3. The summed E-state index contributed by atoms with van der Waals surface area (Å²) in [6.45, 7) is 10.3. The number of carbonyl (C=O) groups is 3. The maximum absolute atomic E-state index is 14.1. The van der Waals surface area contributed by atoms with Crippen molar-refractivity contribution in [3.63, 3.8) is 0 Å². The summed E-state index contributed by atoms with van der Waals surface area (Å²) in [6.07, 6.45) is -1.88. The monoisotopic (exact) mass is 588 g/mol. The van der Waals surface area contributed by atoms with Gasteiger partial charge in [-0.25, -0.2) is 4.79 Å². The summed E-state index contributed by atoms with van der Waals surface area (Å²) < 4.78 is 22.5. The summed E-state index contributed by atoms with van der Waals surface area (Å²) in [5, 5.41) is 3.22. The molecular formula is C31H41ClN2O7. The predicted octanol–water partition coefficient (Wildman–Crippen LogP) is 5.32. The number of hydrogen-bond acceptors (Lipinski definition) is 7. The molecule has 2 amide bonds. The SMILES string of the molecule is COC(=O)[C@H](CC(C)C)NC(=O)C[C@@H]1O[C@@H](c2ccc(OC)cc2OC)c2cc(Cl)ccc2N(CC(C)(C)C)C1=O. The third-order valence-corrected chi connectivity index (χ3v) is 6.89. The molecule has 0 radical (unpaired) electrons. The normalized spacial score (nSPS) is 17.9. The number of ether oxygens (including phenoxy) is 4. The Morgan fingerprint density at radius 2 is 1.76 bits per heavy atom. The first-order valence-electron chi connectivity index (χ1n) is 13.6. The maximum atomic E-state index is 14.1. The number of amides is 2. The Labute approximate surface area is 247 Å². The second kappa shape index (κ2) is 13.6. The topological polar surface area (TPSA) is 103 Å². The molecule has 2 aromatic carbocycles. The van der Waals surface area contributed by atoms with Crippen LogP contribution in [0.4, 0.5) is 5.69 Å². The van der Waals surface area contributed by atoms with Crippen molar-refractivity contribution in [3.05, 3.63) is 52.5 Å². The second-order valence-electron chi connectivity index (χ2n) is 11.8. The molecule has 0 spiro atoms. The minimum Gasteiger partial charge on any atom is -0.497 e. The molecule has 1 aliphatic rings. The molecule has 0 saturated heterocycles. The van der Waals surface area contributed by atoms with Crippen LogP contribution in [0.15, 0.2) is 36.4 Å². The van der Waals surface area contributed by atoms with Crippen molar-refractivity contribution in [2.45, 2.75) is 65.7 Å². The van der Waals surface area contributed by atoms with Crippen LogP contribution in [0.5, 0.6) is 11.5 Å². The van der Waals surface area contributed by atoms with Crippen molar-refractivity contribution < 1.29 is 33.3 Å². The fourth-order valence-electron chi connectivity index (χ4n) is 4.87. The zero-order valence-electron chi connectivity index (χ0n) is 25.1. The van der Waals surface area contributed by atoms with Gasteiger partial charge >= 0.3 is 5.97 Å². The fraction of sp³-hybridized carbons (Fsp3) is 0.516. The quantitative estimate of drug-likeness (QED) is 0.375. The number of benzene rings is 2. The van der Waals surface area contributed by atoms with Gasteiger partial charge in [0, 0.05) is 34.4 Å². The summed E-state index contributed by atoms with van der Waals surface area (Å²) in [7, 11) is 4.38. The van der Waals surface area contributed by atoms with E-state index in [-0.39, 0.29) is 23.7 Å². The molecule has 0 bridgehead atoms. The number of nitrogens with one attached hydrogen (secondary N) is 1. The Bertz CT molecular complexity index is 1260. The van der Waals surface area contributed by atoms with E-state index in [1.807, 2.05) is 40.7 Å². The first kappa shape index (κ1) is 32.2. The van der Waals surface area contributed by atoms with Crippen LogP contribution in [0.1, 0.15) is 64.7 Å². The Balaban J connectivity index is 2.11. The summed E-state index contributed by atoms with van der Waals surface area (Å²) in [5.74, 6) is -0.207. The zero-order chi connectivity index (χ0) is 30.5. The number of anilines is 1. The van der Waals surface area contributed by atoms with Crippen molar-refractivity contribution in [2.75, 3.05) is 32.8 Å². The molecule has 1 aliphatic heterocycles. The van der Waals surface area contributed by atoms with Gasteiger partial charge in [-0.05, 0) is 48.1 Å². The minimum absolute atomic E-state index is 0.128. The number of esters is 1. The summed E-state index contributed by atoms with van der Waals surface area (Å²) in [4.78, 5) is 41.5. The highest BCUT2D eigenvalue weighted by atomic mass is 35.5. The van der Waals surface area contributed by atoms with E-state index in [0.717, 1.165) is 0 Å². The van der Waals surface area contributed by atoms with Crippen LogP contribution in [0.3, 0.4) is 0 Å². The molecule has 0 aromatic heterocycles. The maximum Gasteiger partial charge on any atom is 0.328 e. The summed E-state index contributed by atoms with van der Waals surface area (Å²) in [5.41, 5.74) is 1.66.